The van der Waals surface area contributed by atoms with Gasteiger partial charge in [0.05, 0.1) is 6.10 Å². The molecule has 1 saturated carbocycles. The summed E-state index contributed by atoms with van der Waals surface area (Å²) in [5.74, 6) is -1.55. The van der Waals surface area contributed by atoms with Crippen molar-refractivity contribution >= 4 is 11.6 Å². The Bertz CT molecular complexity index is 753. The summed E-state index contributed by atoms with van der Waals surface area (Å²) in [4.78, 5) is 27.0. The number of rotatable bonds is 7. The van der Waals surface area contributed by atoms with Crippen LogP contribution in [0.3, 0.4) is 0 Å². The average molecular weight is 386 g/mol. The number of carbonyl (C=O) groups is 2. The van der Waals surface area contributed by atoms with Crippen molar-refractivity contribution in [2.75, 3.05) is 7.11 Å². The van der Waals surface area contributed by atoms with Crippen LogP contribution in [0.2, 0.25) is 0 Å². The molecule has 5 heteroatoms. The molecule has 3 aliphatic rings. The molecule has 1 saturated heterocycles. The summed E-state index contributed by atoms with van der Waals surface area (Å²) in [7, 11) is 1.58. The lowest BCUT2D eigenvalue weighted by Gasteiger charge is -2.39. The molecule has 0 amide bonds. The molecule has 5 nitrogen and oxygen atoms in total. The lowest BCUT2D eigenvalue weighted by Crippen LogP contribution is -2.58. The molecule has 0 N–H and O–H groups in total. The Morgan fingerprint density at radius 1 is 1.21 bits per heavy atom. The van der Waals surface area contributed by atoms with Gasteiger partial charge in [0.25, 0.3) is 0 Å². The minimum atomic E-state index is -1.59. The quantitative estimate of drug-likeness (QED) is 0.653. The Kier molecular flexibility index (Phi) is 5.43. The standard InChI is InChI=1S/C23H30O5/c1-3-4-14-19(24)23-20(27-16-10-6-5-7-11-16)15-22(26-2,28-23)18-13-9-8-12-17(18)21(23)25/h8-9,12-13,16,20H,3-7,10-11,14-15H2,1-2H3/t20-,22-,23+/m0/s1. The van der Waals surface area contributed by atoms with Crippen LogP contribution in [0.15, 0.2) is 24.3 Å². The number of Topliss-reactive ketones (excluding diaryl/α,β-unsaturated/α-hetero) is 2. The summed E-state index contributed by atoms with van der Waals surface area (Å²) < 4.78 is 18.6. The van der Waals surface area contributed by atoms with Crippen LogP contribution in [0.25, 0.3) is 0 Å². The number of unbranched alkanes of at least 4 members (excludes halogenated alkanes) is 1. The molecule has 0 radical (unpaired) electrons. The van der Waals surface area contributed by atoms with E-state index < -0.39 is 17.5 Å². The van der Waals surface area contributed by atoms with E-state index in [9.17, 15) is 9.59 Å². The van der Waals surface area contributed by atoms with Crippen molar-refractivity contribution in [1.29, 1.82) is 0 Å². The molecule has 152 valence electrons. The lowest BCUT2D eigenvalue weighted by molar-refractivity contribution is -0.240. The van der Waals surface area contributed by atoms with Gasteiger partial charge in [-0.2, -0.15) is 0 Å². The van der Waals surface area contributed by atoms with Crippen molar-refractivity contribution in [3.05, 3.63) is 35.4 Å². The molecule has 2 bridgehead atoms. The zero-order chi connectivity index (χ0) is 19.8. The number of fused-ring (bicyclic) bond motifs is 4. The molecule has 1 aromatic rings. The van der Waals surface area contributed by atoms with E-state index in [4.69, 9.17) is 14.2 Å². The Labute approximate surface area is 166 Å². The van der Waals surface area contributed by atoms with Gasteiger partial charge in [0.2, 0.25) is 11.4 Å². The van der Waals surface area contributed by atoms with Crippen molar-refractivity contribution in [1.82, 2.24) is 0 Å². The summed E-state index contributed by atoms with van der Waals surface area (Å²) in [6.45, 7) is 2.04. The van der Waals surface area contributed by atoms with E-state index in [1.807, 2.05) is 25.1 Å². The molecule has 1 aromatic carbocycles. The summed E-state index contributed by atoms with van der Waals surface area (Å²) in [5, 5.41) is 0. The van der Waals surface area contributed by atoms with Gasteiger partial charge < -0.3 is 14.2 Å². The fraction of sp³-hybridized carbons (Fsp3) is 0.652. The molecular formula is C23H30O5. The summed E-state index contributed by atoms with van der Waals surface area (Å²) in [6, 6.07) is 7.34. The van der Waals surface area contributed by atoms with Crippen molar-refractivity contribution in [3.8, 4) is 0 Å². The zero-order valence-electron chi connectivity index (χ0n) is 16.9. The zero-order valence-corrected chi connectivity index (χ0v) is 16.9. The van der Waals surface area contributed by atoms with E-state index in [2.05, 4.69) is 0 Å². The SMILES string of the molecule is CCCCC(=O)[C@@]12O[C@@](OC)(C[C@@H]1OC1CCCCC1)c1ccccc1C2=O. The molecule has 2 heterocycles. The van der Waals surface area contributed by atoms with Gasteiger partial charge in [0.1, 0.15) is 6.10 Å². The fourth-order valence-corrected chi connectivity index (χ4v) is 5.02. The maximum Gasteiger partial charge on any atom is 0.218 e. The average Bonchev–Trinajstić information content (AvgIpc) is 3.05. The van der Waals surface area contributed by atoms with Gasteiger partial charge >= 0.3 is 0 Å². The number of carbonyl (C=O) groups excluding carboxylic acids is 2. The Morgan fingerprint density at radius 2 is 1.96 bits per heavy atom. The number of benzene rings is 1. The van der Waals surface area contributed by atoms with E-state index in [1.54, 1.807) is 13.2 Å². The highest BCUT2D eigenvalue weighted by molar-refractivity contribution is 6.20. The normalized spacial score (nSPS) is 32.4. The van der Waals surface area contributed by atoms with Gasteiger partial charge in [-0.15, -0.1) is 0 Å². The first-order chi connectivity index (χ1) is 13.6. The Balaban J connectivity index is 1.76. The van der Waals surface area contributed by atoms with Crippen LogP contribution in [0.4, 0.5) is 0 Å². The van der Waals surface area contributed by atoms with E-state index in [-0.39, 0.29) is 17.7 Å². The smallest absolute Gasteiger partial charge is 0.218 e. The summed E-state index contributed by atoms with van der Waals surface area (Å²) >= 11 is 0. The fourth-order valence-electron chi connectivity index (χ4n) is 5.02. The van der Waals surface area contributed by atoms with E-state index in [0.29, 0.717) is 24.0 Å². The highest BCUT2D eigenvalue weighted by atomic mass is 16.7. The monoisotopic (exact) mass is 386 g/mol. The third-order valence-electron chi connectivity index (χ3n) is 6.56. The highest BCUT2D eigenvalue weighted by Gasteiger charge is 2.69. The van der Waals surface area contributed by atoms with Crippen LogP contribution < -0.4 is 0 Å². The second-order valence-corrected chi connectivity index (χ2v) is 8.29. The third-order valence-corrected chi connectivity index (χ3v) is 6.56. The van der Waals surface area contributed by atoms with Crippen LogP contribution in [0.5, 0.6) is 0 Å². The highest BCUT2D eigenvalue weighted by Crippen LogP contribution is 2.54. The first-order valence-electron chi connectivity index (χ1n) is 10.7. The van der Waals surface area contributed by atoms with Crippen LogP contribution in [0, 0.1) is 0 Å². The molecule has 2 aliphatic heterocycles. The van der Waals surface area contributed by atoms with Gasteiger partial charge in [-0.1, -0.05) is 56.9 Å². The molecule has 0 aromatic heterocycles. The lowest BCUT2D eigenvalue weighted by atomic mass is 9.81. The Hall–Kier alpha value is -1.56. The van der Waals surface area contributed by atoms with E-state index >= 15 is 0 Å². The third kappa shape index (κ3) is 2.95. The first kappa shape index (κ1) is 19.7. The second-order valence-electron chi connectivity index (χ2n) is 8.29. The number of ketones is 2. The van der Waals surface area contributed by atoms with Gasteiger partial charge in [-0.25, -0.2) is 0 Å². The molecule has 2 fully saturated rings. The largest absolute Gasteiger partial charge is 0.371 e. The first-order valence-corrected chi connectivity index (χ1v) is 10.7. The number of hydrogen-bond donors (Lipinski definition) is 0. The van der Waals surface area contributed by atoms with Gasteiger partial charge in [0, 0.05) is 31.1 Å². The second kappa shape index (κ2) is 7.69. The van der Waals surface area contributed by atoms with Gasteiger partial charge in [0.15, 0.2) is 11.6 Å². The van der Waals surface area contributed by atoms with Crippen molar-refractivity contribution in [2.45, 2.75) is 88.3 Å². The molecule has 28 heavy (non-hydrogen) atoms. The maximum atomic E-state index is 13.6. The number of hydrogen-bond acceptors (Lipinski definition) is 5. The van der Waals surface area contributed by atoms with Crippen molar-refractivity contribution in [2.24, 2.45) is 0 Å². The predicted octanol–water partition coefficient (Wildman–Crippen LogP) is 4.32. The molecular weight excluding hydrogens is 356 g/mol. The molecule has 4 rings (SSSR count). The minimum Gasteiger partial charge on any atom is -0.371 e. The van der Waals surface area contributed by atoms with Gasteiger partial charge in [-0.3, -0.25) is 9.59 Å². The maximum absolute atomic E-state index is 13.6. The van der Waals surface area contributed by atoms with Crippen molar-refractivity contribution < 1.29 is 23.8 Å². The van der Waals surface area contributed by atoms with Crippen molar-refractivity contribution in [3.63, 3.8) is 0 Å². The molecule has 0 spiro atoms. The van der Waals surface area contributed by atoms with Crippen LogP contribution in [0.1, 0.15) is 80.6 Å². The number of methoxy groups -OCH3 is 1. The predicted molar refractivity (Wildman–Crippen MR) is 104 cm³/mol. The molecule has 3 atom stereocenters. The molecule has 1 aliphatic carbocycles. The Morgan fingerprint density at radius 3 is 2.68 bits per heavy atom. The summed E-state index contributed by atoms with van der Waals surface area (Å²) in [5.41, 5.74) is -0.358. The minimum absolute atomic E-state index is 0.0716. The molecule has 0 unspecified atom stereocenters. The van der Waals surface area contributed by atoms with Gasteiger partial charge in [-0.05, 0) is 19.3 Å². The van der Waals surface area contributed by atoms with Crippen LogP contribution in [-0.4, -0.2) is 36.5 Å². The topological polar surface area (TPSA) is 61.8 Å². The summed E-state index contributed by atoms with van der Waals surface area (Å²) in [6.07, 6.45) is 7.15. The van der Waals surface area contributed by atoms with Crippen LogP contribution in [-0.2, 0) is 24.8 Å². The van der Waals surface area contributed by atoms with E-state index in [0.717, 1.165) is 38.5 Å². The van der Waals surface area contributed by atoms with E-state index in [1.165, 1.54) is 6.42 Å². The van der Waals surface area contributed by atoms with Crippen LogP contribution >= 0.6 is 0 Å². The number of ether oxygens (including phenoxy) is 3.